The summed E-state index contributed by atoms with van der Waals surface area (Å²) in [5, 5.41) is 0. The van der Waals surface area contributed by atoms with Crippen LogP contribution in [0.25, 0.3) is 22.4 Å². The van der Waals surface area contributed by atoms with Gasteiger partial charge in [-0.15, -0.1) is 11.8 Å². The van der Waals surface area contributed by atoms with Crippen molar-refractivity contribution < 1.29 is 4.39 Å². The van der Waals surface area contributed by atoms with E-state index >= 15 is 4.39 Å². The standard InChI is InChI=1S/C32H43FN4S/c1-5-25-19-26(18-21(2)37(25)20-22-6-7-22)36-16-14-23(15-17-36)28-12-13-29-31(30(28)33)35(3)32(34-29)24-8-10-27(38-4)11-9-24/h8-13,21-23,25-26H,5-7,14-20H2,1-4H3. The molecule has 38 heavy (non-hydrogen) atoms. The van der Waals surface area contributed by atoms with Crippen LogP contribution in [-0.4, -0.2) is 63.4 Å². The van der Waals surface area contributed by atoms with Crippen molar-refractivity contribution in [3.63, 3.8) is 0 Å². The van der Waals surface area contributed by atoms with E-state index in [2.05, 4.69) is 54.2 Å². The molecule has 204 valence electrons. The Labute approximate surface area is 232 Å². The van der Waals surface area contributed by atoms with Gasteiger partial charge in [0.15, 0.2) is 5.82 Å². The van der Waals surface area contributed by atoms with Gasteiger partial charge in [0.2, 0.25) is 0 Å². The van der Waals surface area contributed by atoms with E-state index in [1.54, 1.807) is 11.8 Å². The summed E-state index contributed by atoms with van der Waals surface area (Å²) in [6, 6.07) is 14.5. The summed E-state index contributed by atoms with van der Waals surface area (Å²) < 4.78 is 18.0. The number of thioether (sulfide) groups is 1. The van der Waals surface area contributed by atoms with Crippen molar-refractivity contribution in [2.75, 3.05) is 25.9 Å². The average Bonchev–Trinajstić information content (AvgIpc) is 3.70. The number of hydrogen-bond acceptors (Lipinski definition) is 4. The molecule has 2 aromatic carbocycles. The molecule has 0 amide bonds. The van der Waals surface area contributed by atoms with Crippen LogP contribution in [0.2, 0.25) is 0 Å². The smallest absolute Gasteiger partial charge is 0.152 e. The Hall–Kier alpha value is -1.89. The summed E-state index contributed by atoms with van der Waals surface area (Å²) in [5.74, 6) is 1.99. The Morgan fingerprint density at radius 1 is 1.00 bits per heavy atom. The zero-order chi connectivity index (χ0) is 26.4. The molecule has 0 radical (unpaired) electrons. The lowest BCUT2D eigenvalue weighted by Gasteiger charge is -2.48. The zero-order valence-corrected chi connectivity index (χ0v) is 24.3. The highest BCUT2D eigenvalue weighted by Gasteiger charge is 2.38. The third kappa shape index (κ3) is 5.04. The maximum absolute atomic E-state index is 16.0. The second kappa shape index (κ2) is 10.9. The molecule has 6 rings (SSSR count). The molecular weight excluding hydrogens is 491 g/mol. The predicted molar refractivity (Wildman–Crippen MR) is 157 cm³/mol. The van der Waals surface area contributed by atoms with E-state index in [1.165, 1.54) is 43.5 Å². The molecular formula is C32H43FN4S. The summed E-state index contributed by atoms with van der Waals surface area (Å²) in [4.78, 5) is 11.6. The predicted octanol–water partition coefficient (Wildman–Crippen LogP) is 7.32. The van der Waals surface area contributed by atoms with Crippen molar-refractivity contribution >= 4 is 22.8 Å². The number of benzene rings is 2. The van der Waals surface area contributed by atoms with Crippen LogP contribution in [0.15, 0.2) is 41.3 Å². The van der Waals surface area contributed by atoms with Gasteiger partial charge >= 0.3 is 0 Å². The van der Waals surface area contributed by atoms with Gasteiger partial charge in [-0.3, -0.25) is 4.90 Å². The molecule has 2 aliphatic heterocycles. The minimum Gasteiger partial charge on any atom is -0.325 e. The van der Waals surface area contributed by atoms with E-state index in [1.807, 2.05) is 23.7 Å². The molecule has 3 heterocycles. The van der Waals surface area contributed by atoms with Crippen LogP contribution >= 0.6 is 11.8 Å². The van der Waals surface area contributed by atoms with E-state index in [0.29, 0.717) is 17.6 Å². The number of rotatable bonds is 7. The Bertz CT molecular complexity index is 1260. The van der Waals surface area contributed by atoms with Gasteiger partial charge in [0.25, 0.3) is 0 Å². The molecule has 1 saturated carbocycles. The first-order chi connectivity index (χ1) is 18.5. The quantitative estimate of drug-likeness (QED) is 0.296. The van der Waals surface area contributed by atoms with Crippen molar-refractivity contribution in [3.8, 4) is 11.4 Å². The summed E-state index contributed by atoms with van der Waals surface area (Å²) in [6.45, 7) is 8.30. The lowest BCUT2D eigenvalue weighted by atomic mass is 9.85. The van der Waals surface area contributed by atoms with Gasteiger partial charge in [-0.1, -0.05) is 25.1 Å². The number of piperidine rings is 2. The van der Waals surface area contributed by atoms with Gasteiger partial charge in [0.05, 0.1) is 5.52 Å². The second-order valence-electron chi connectivity index (χ2n) is 12.0. The molecule has 6 heteroatoms. The highest BCUT2D eigenvalue weighted by molar-refractivity contribution is 7.98. The van der Waals surface area contributed by atoms with Crippen molar-refractivity contribution in [3.05, 3.63) is 47.8 Å². The number of aryl methyl sites for hydroxylation is 1. The number of hydrogen-bond donors (Lipinski definition) is 0. The third-order valence-corrected chi connectivity index (χ3v) is 10.4. The molecule has 0 spiro atoms. The van der Waals surface area contributed by atoms with E-state index in [-0.39, 0.29) is 11.7 Å². The molecule has 3 aromatic rings. The summed E-state index contributed by atoms with van der Waals surface area (Å²) in [6.07, 6.45) is 10.9. The summed E-state index contributed by atoms with van der Waals surface area (Å²) >= 11 is 1.72. The minimum absolute atomic E-state index is 0.0732. The fourth-order valence-electron chi connectivity index (χ4n) is 7.23. The van der Waals surface area contributed by atoms with E-state index in [0.717, 1.165) is 60.4 Å². The molecule has 0 N–H and O–H groups in total. The van der Waals surface area contributed by atoms with Crippen molar-refractivity contribution in [2.45, 2.75) is 87.7 Å². The fraction of sp³-hybridized carbons (Fsp3) is 0.594. The molecule has 0 bridgehead atoms. The van der Waals surface area contributed by atoms with Crippen molar-refractivity contribution in [1.82, 2.24) is 19.4 Å². The van der Waals surface area contributed by atoms with Crippen LogP contribution in [0.4, 0.5) is 4.39 Å². The van der Waals surface area contributed by atoms with Crippen LogP contribution in [-0.2, 0) is 7.05 Å². The highest BCUT2D eigenvalue weighted by Crippen LogP contribution is 2.39. The first kappa shape index (κ1) is 26.3. The molecule has 2 saturated heterocycles. The zero-order valence-electron chi connectivity index (χ0n) is 23.5. The Kier molecular flexibility index (Phi) is 7.58. The van der Waals surface area contributed by atoms with Gasteiger partial charge < -0.3 is 9.47 Å². The Morgan fingerprint density at radius 3 is 2.39 bits per heavy atom. The number of halogens is 1. The topological polar surface area (TPSA) is 24.3 Å². The highest BCUT2D eigenvalue weighted by atomic mass is 32.2. The monoisotopic (exact) mass is 534 g/mol. The number of aromatic nitrogens is 2. The lowest BCUT2D eigenvalue weighted by molar-refractivity contribution is 0.0148. The number of imidazole rings is 1. The molecule has 3 aliphatic rings. The molecule has 1 aromatic heterocycles. The van der Waals surface area contributed by atoms with Gasteiger partial charge in [0, 0.05) is 42.2 Å². The first-order valence-electron chi connectivity index (χ1n) is 14.8. The minimum atomic E-state index is -0.0732. The maximum atomic E-state index is 16.0. The van der Waals surface area contributed by atoms with E-state index in [9.17, 15) is 0 Å². The molecule has 1 aliphatic carbocycles. The van der Waals surface area contributed by atoms with Crippen LogP contribution in [0.5, 0.6) is 0 Å². The van der Waals surface area contributed by atoms with Crippen molar-refractivity contribution in [2.24, 2.45) is 13.0 Å². The first-order valence-corrected chi connectivity index (χ1v) is 16.0. The molecule has 3 fully saturated rings. The van der Waals surface area contributed by atoms with Crippen LogP contribution in [0, 0.1) is 11.7 Å². The number of nitrogens with zero attached hydrogens (tertiary/aromatic N) is 4. The fourth-order valence-corrected chi connectivity index (χ4v) is 7.63. The van der Waals surface area contributed by atoms with Crippen molar-refractivity contribution in [1.29, 1.82) is 0 Å². The Morgan fingerprint density at radius 2 is 1.74 bits per heavy atom. The average molecular weight is 535 g/mol. The maximum Gasteiger partial charge on any atom is 0.152 e. The Balaban J connectivity index is 1.15. The summed E-state index contributed by atoms with van der Waals surface area (Å²) in [7, 11) is 1.95. The van der Waals surface area contributed by atoms with Gasteiger partial charge in [-0.2, -0.15) is 0 Å². The third-order valence-electron chi connectivity index (χ3n) is 9.67. The molecule has 3 unspecified atom stereocenters. The van der Waals surface area contributed by atoms with Crippen LogP contribution < -0.4 is 0 Å². The molecule has 4 nitrogen and oxygen atoms in total. The van der Waals surface area contributed by atoms with Gasteiger partial charge in [-0.25, -0.2) is 9.37 Å². The summed E-state index contributed by atoms with van der Waals surface area (Å²) in [5.41, 5.74) is 3.28. The largest absolute Gasteiger partial charge is 0.325 e. The van der Waals surface area contributed by atoms with Crippen LogP contribution in [0.1, 0.15) is 70.3 Å². The van der Waals surface area contributed by atoms with Crippen LogP contribution in [0.3, 0.4) is 0 Å². The lowest BCUT2D eigenvalue weighted by Crippen LogP contribution is -2.55. The number of likely N-dealkylation sites (tertiary alicyclic amines) is 2. The molecule has 3 atom stereocenters. The SMILES string of the molecule is CCC1CC(N2CCC(c3ccc4nc(-c5ccc(SC)cc5)n(C)c4c3F)CC2)CC(C)N1CC1CC1. The second-order valence-corrected chi connectivity index (χ2v) is 12.9. The normalized spacial score (nSPS) is 25.9. The van der Waals surface area contributed by atoms with Gasteiger partial charge in [0.1, 0.15) is 11.3 Å². The van der Waals surface area contributed by atoms with E-state index < -0.39 is 0 Å². The van der Waals surface area contributed by atoms with E-state index in [4.69, 9.17) is 4.98 Å². The number of fused-ring (bicyclic) bond motifs is 1. The van der Waals surface area contributed by atoms with Gasteiger partial charge in [-0.05, 0) is 107 Å².